The SMILES string of the molecule is C[C@H](Cc1ccc2c(c1)OCO2)c1nc2c(cnn2C2CCN(C)CC2)[nH]1. The van der Waals surface area contributed by atoms with Crippen molar-refractivity contribution in [3.05, 3.63) is 35.8 Å². The molecule has 0 aliphatic carbocycles. The van der Waals surface area contributed by atoms with Gasteiger partial charge in [0.05, 0.1) is 12.2 Å². The number of fused-ring (bicyclic) bond motifs is 2. The van der Waals surface area contributed by atoms with E-state index in [1.165, 1.54) is 5.56 Å². The van der Waals surface area contributed by atoms with Crippen molar-refractivity contribution in [2.24, 2.45) is 0 Å². The van der Waals surface area contributed by atoms with Gasteiger partial charge in [-0.15, -0.1) is 0 Å². The Labute approximate surface area is 158 Å². The first-order valence-electron chi connectivity index (χ1n) is 9.67. The molecule has 0 saturated carbocycles. The van der Waals surface area contributed by atoms with Gasteiger partial charge in [-0.1, -0.05) is 13.0 Å². The second-order valence-corrected chi connectivity index (χ2v) is 7.78. The lowest BCUT2D eigenvalue weighted by Gasteiger charge is -2.28. The molecular weight excluding hydrogens is 342 g/mol. The predicted octanol–water partition coefficient (Wildman–Crippen LogP) is 3.10. The van der Waals surface area contributed by atoms with Gasteiger partial charge in [-0.2, -0.15) is 5.10 Å². The van der Waals surface area contributed by atoms with E-state index >= 15 is 0 Å². The summed E-state index contributed by atoms with van der Waals surface area (Å²) in [5.41, 5.74) is 3.24. The number of nitrogens with zero attached hydrogens (tertiary/aromatic N) is 4. The van der Waals surface area contributed by atoms with Crippen LogP contribution in [0.25, 0.3) is 11.2 Å². The largest absolute Gasteiger partial charge is 0.454 e. The fraction of sp³-hybridized carbons (Fsp3) is 0.500. The average molecular weight is 367 g/mol. The molecule has 7 nitrogen and oxygen atoms in total. The summed E-state index contributed by atoms with van der Waals surface area (Å²) in [6.45, 7) is 4.74. The molecule has 2 aromatic heterocycles. The Morgan fingerprint density at radius 3 is 2.89 bits per heavy atom. The predicted molar refractivity (Wildman–Crippen MR) is 102 cm³/mol. The van der Waals surface area contributed by atoms with Crippen molar-refractivity contribution in [3.63, 3.8) is 0 Å². The number of hydrogen-bond acceptors (Lipinski definition) is 5. The topological polar surface area (TPSA) is 68.2 Å². The minimum absolute atomic E-state index is 0.281. The van der Waals surface area contributed by atoms with E-state index < -0.39 is 0 Å². The molecule has 4 heterocycles. The second-order valence-electron chi connectivity index (χ2n) is 7.78. The van der Waals surface area contributed by atoms with Gasteiger partial charge in [-0.3, -0.25) is 0 Å². The van der Waals surface area contributed by atoms with Gasteiger partial charge in [-0.05, 0) is 57.1 Å². The Morgan fingerprint density at radius 1 is 1.22 bits per heavy atom. The minimum atomic E-state index is 0.281. The molecule has 0 spiro atoms. The summed E-state index contributed by atoms with van der Waals surface area (Å²) in [6, 6.07) is 6.61. The lowest BCUT2D eigenvalue weighted by atomic mass is 10.0. The first-order valence-corrected chi connectivity index (χ1v) is 9.67. The Morgan fingerprint density at radius 2 is 2.04 bits per heavy atom. The van der Waals surface area contributed by atoms with Crippen LogP contribution < -0.4 is 9.47 Å². The Bertz CT molecular complexity index is 955. The standard InChI is InChI=1S/C20H25N5O2/c1-13(9-14-3-4-17-18(10-14)27-12-26-17)19-22-16-11-21-25(20(16)23-19)15-5-7-24(2)8-6-15/h3-4,10-11,13,15H,5-9,12H2,1-2H3,(H,22,23)/t13-/m1/s1. The number of ether oxygens (including phenoxy) is 2. The Hall–Kier alpha value is -2.54. The van der Waals surface area contributed by atoms with Gasteiger partial charge in [0.25, 0.3) is 0 Å². The summed E-state index contributed by atoms with van der Waals surface area (Å²) in [7, 11) is 2.18. The molecule has 0 radical (unpaired) electrons. The third kappa shape index (κ3) is 3.06. The first kappa shape index (κ1) is 16.6. The second kappa shape index (κ2) is 6.56. The highest BCUT2D eigenvalue weighted by molar-refractivity contribution is 5.70. The number of H-pyrrole nitrogens is 1. The molecule has 7 heteroatoms. The van der Waals surface area contributed by atoms with Gasteiger partial charge in [0.15, 0.2) is 17.1 Å². The minimum Gasteiger partial charge on any atom is -0.454 e. The summed E-state index contributed by atoms with van der Waals surface area (Å²) in [5, 5.41) is 4.60. The number of aromatic amines is 1. The molecule has 27 heavy (non-hydrogen) atoms. The van der Waals surface area contributed by atoms with Gasteiger partial charge in [0, 0.05) is 5.92 Å². The van der Waals surface area contributed by atoms with Gasteiger partial charge >= 0.3 is 0 Å². The molecule has 1 N–H and O–H groups in total. The van der Waals surface area contributed by atoms with E-state index in [1.54, 1.807) is 0 Å². The van der Waals surface area contributed by atoms with Gasteiger partial charge in [-0.25, -0.2) is 9.67 Å². The molecule has 0 unspecified atom stereocenters. The molecule has 142 valence electrons. The molecule has 2 aliphatic rings. The number of hydrogen-bond donors (Lipinski definition) is 1. The number of benzene rings is 1. The van der Waals surface area contributed by atoms with Crippen molar-refractivity contribution >= 4 is 11.2 Å². The zero-order chi connectivity index (χ0) is 18.4. The quantitative estimate of drug-likeness (QED) is 0.767. The maximum Gasteiger partial charge on any atom is 0.231 e. The molecule has 5 rings (SSSR count). The van der Waals surface area contributed by atoms with Crippen LogP contribution in [0.15, 0.2) is 24.4 Å². The molecule has 1 saturated heterocycles. The summed E-state index contributed by atoms with van der Waals surface area (Å²) in [6.07, 6.45) is 5.07. The van der Waals surface area contributed by atoms with Gasteiger partial charge in [0.1, 0.15) is 11.3 Å². The van der Waals surface area contributed by atoms with E-state index in [1.807, 2.05) is 12.3 Å². The third-order valence-corrected chi connectivity index (χ3v) is 5.74. The van der Waals surface area contributed by atoms with Crippen molar-refractivity contribution in [2.75, 3.05) is 26.9 Å². The number of aromatic nitrogens is 4. The highest BCUT2D eigenvalue weighted by Crippen LogP contribution is 2.34. The van der Waals surface area contributed by atoms with E-state index in [4.69, 9.17) is 14.5 Å². The third-order valence-electron chi connectivity index (χ3n) is 5.74. The van der Waals surface area contributed by atoms with Crippen LogP contribution >= 0.6 is 0 Å². The maximum absolute atomic E-state index is 5.49. The normalized spacial score (nSPS) is 19.0. The van der Waals surface area contributed by atoms with Crippen molar-refractivity contribution < 1.29 is 9.47 Å². The van der Waals surface area contributed by atoms with E-state index in [0.717, 1.165) is 60.8 Å². The van der Waals surface area contributed by atoms with Crippen molar-refractivity contribution in [1.29, 1.82) is 0 Å². The average Bonchev–Trinajstić information content (AvgIpc) is 3.37. The zero-order valence-corrected chi connectivity index (χ0v) is 15.8. The van der Waals surface area contributed by atoms with Crippen molar-refractivity contribution in [1.82, 2.24) is 24.6 Å². The summed E-state index contributed by atoms with van der Waals surface area (Å²) in [4.78, 5) is 10.8. The van der Waals surface area contributed by atoms with Crippen LogP contribution in [0, 0.1) is 0 Å². The summed E-state index contributed by atoms with van der Waals surface area (Å²) < 4.78 is 13.0. The van der Waals surface area contributed by atoms with Crippen molar-refractivity contribution in [3.8, 4) is 11.5 Å². The highest BCUT2D eigenvalue weighted by atomic mass is 16.7. The molecule has 1 fully saturated rings. The Balaban J connectivity index is 1.35. The monoisotopic (exact) mass is 367 g/mol. The van der Waals surface area contributed by atoms with E-state index in [-0.39, 0.29) is 5.92 Å². The van der Waals surface area contributed by atoms with Crippen molar-refractivity contribution in [2.45, 2.75) is 38.1 Å². The molecule has 0 bridgehead atoms. The summed E-state index contributed by atoms with van der Waals surface area (Å²) >= 11 is 0. The van der Waals surface area contributed by atoms with E-state index in [0.29, 0.717) is 12.8 Å². The first-order chi connectivity index (χ1) is 13.2. The molecule has 1 atom stereocenters. The zero-order valence-electron chi connectivity index (χ0n) is 15.8. The molecular formula is C20H25N5O2. The molecule has 1 aromatic carbocycles. The van der Waals surface area contributed by atoms with Crippen LogP contribution in [-0.2, 0) is 6.42 Å². The van der Waals surface area contributed by atoms with Crippen LogP contribution in [-0.4, -0.2) is 51.6 Å². The highest BCUT2D eigenvalue weighted by Gasteiger charge is 2.23. The van der Waals surface area contributed by atoms with Crippen LogP contribution in [0.1, 0.15) is 43.1 Å². The smallest absolute Gasteiger partial charge is 0.231 e. The lowest BCUT2D eigenvalue weighted by molar-refractivity contribution is 0.174. The number of imidazole rings is 1. The fourth-order valence-electron chi connectivity index (χ4n) is 4.09. The van der Waals surface area contributed by atoms with Crippen LogP contribution in [0.5, 0.6) is 11.5 Å². The lowest BCUT2D eigenvalue weighted by Crippen LogP contribution is -2.31. The maximum atomic E-state index is 5.49. The molecule has 0 amide bonds. The molecule has 3 aromatic rings. The Kier molecular flexibility index (Phi) is 4.04. The number of likely N-dealkylation sites (tertiary alicyclic amines) is 1. The van der Waals surface area contributed by atoms with Crippen LogP contribution in [0.4, 0.5) is 0 Å². The number of nitrogens with one attached hydrogen (secondary N) is 1. The van der Waals surface area contributed by atoms with Gasteiger partial charge < -0.3 is 19.4 Å². The van der Waals surface area contributed by atoms with E-state index in [2.05, 4.69) is 45.8 Å². The fourth-order valence-corrected chi connectivity index (χ4v) is 4.09. The number of rotatable bonds is 4. The molecule has 2 aliphatic heterocycles. The van der Waals surface area contributed by atoms with Crippen LogP contribution in [0.3, 0.4) is 0 Å². The van der Waals surface area contributed by atoms with Crippen LogP contribution in [0.2, 0.25) is 0 Å². The van der Waals surface area contributed by atoms with E-state index in [9.17, 15) is 0 Å². The summed E-state index contributed by atoms with van der Waals surface area (Å²) in [5.74, 6) is 2.96. The number of piperidine rings is 1. The van der Waals surface area contributed by atoms with Gasteiger partial charge in [0.2, 0.25) is 6.79 Å².